The van der Waals surface area contributed by atoms with Crippen LogP contribution >= 0.6 is 35.1 Å². The first kappa shape index (κ1) is 17.7. The van der Waals surface area contributed by atoms with Crippen LogP contribution in [0.2, 0.25) is 5.02 Å². The van der Waals surface area contributed by atoms with Gasteiger partial charge < -0.3 is 0 Å². The molecule has 26 heavy (non-hydrogen) atoms. The lowest BCUT2D eigenvalue weighted by Gasteiger charge is -2.13. The zero-order chi connectivity index (χ0) is 18.1. The van der Waals surface area contributed by atoms with Crippen LogP contribution in [0.4, 0.5) is 0 Å². The number of fused-ring (bicyclic) bond motifs is 1. The van der Waals surface area contributed by atoms with E-state index in [1.165, 1.54) is 0 Å². The van der Waals surface area contributed by atoms with Gasteiger partial charge in [-0.15, -0.1) is 11.8 Å². The first-order chi connectivity index (χ1) is 12.6. The summed E-state index contributed by atoms with van der Waals surface area (Å²) in [4.78, 5) is 18.8. The molecule has 6 heteroatoms. The number of hydrogen-bond donors (Lipinski definition) is 0. The second-order valence-corrected chi connectivity index (χ2v) is 9.03. The predicted molar refractivity (Wildman–Crippen MR) is 110 cm³/mol. The van der Waals surface area contributed by atoms with Gasteiger partial charge in [-0.05, 0) is 29.8 Å². The van der Waals surface area contributed by atoms with Crippen molar-refractivity contribution in [3.05, 3.63) is 81.2 Å². The summed E-state index contributed by atoms with van der Waals surface area (Å²) < 4.78 is 1.74. The van der Waals surface area contributed by atoms with Crippen LogP contribution in [0.3, 0.4) is 0 Å². The van der Waals surface area contributed by atoms with Gasteiger partial charge in [-0.2, -0.15) is 0 Å². The molecule has 1 aliphatic heterocycles. The van der Waals surface area contributed by atoms with Gasteiger partial charge in [0, 0.05) is 22.4 Å². The molecule has 2 aromatic carbocycles. The minimum Gasteiger partial charge on any atom is -0.268 e. The molecule has 0 bridgehead atoms. The Bertz CT molecular complexity index is 1000. The number of halogens is 1. The second kappa shape index (κ2) is 7.51. The van der Waals surface area contributed by atoms with Crippen molar-refractivity contribution in [3.63, 3.8) is 0 Å². The van der Waals surface area contributed by atoms with Crippen LogP contribution in [0, 0.1) is 0 Å². The van der Waals surface area contributed by atoms with Crippen molar-refractivity contribution in [2.24, 2.45) is 0 Å². The molecule has 0 saturated heterocycles. The second-order valence-electron chi connectivity index (χ2n) is 6.20. The number of benzene rings is 2. The summed E-state index contributed by atoms with van der Waals surface area (Å²) in [5, 5.41) is 1.84. The fourth-order valence-electron chi connectivity index (χ4n) is 2.98. The predicted octanol–water partition coefficient (Wildman–Crippen LogP) is 5.21. The summed E-state index contributed by atoms with van der Waals surface area (Å²) in [6.45, 7) is 2.14. The van der Waals surface area contributed by atoms with E-state index in [0.717, 1.165) is 38.4 Å². The molecule has 132 valence electrons. The average molecular weight is 401 g/mol. The van der Waals surface area contributed by atoms with Crippen LogP contribution in [0.25, 0.3) is 5.69 Å². The summed E-state index contributed by atoms with van der Waals surface area (Å²) in [7, 11) is 0. The number of para-hydroxylation sites is 1. The van der Waals surface area contributed by atoms with Gasteiger partial charge in [0.15, 0.2) is 5.16 Å². The van der Waals surface area contributed by atoms with Gasteiger partial charge in [0.1, 0.15) is 0 Å². The molecule has 0 fully saturated rings. The van der Waals surface area contributed by atoms with E-state index in [1.807, 2.05) is 54.6 Å². The molecule has 3 aromatic rings. The van der Waals surface area contributed by atoms with E-state index in [9.17, 15) is 4.79 Å². The highest BCUT2D eigenvalue weighted by molar-refractivity contribution is 8.00. The van der Waals surface area contributed by atoms with Crippen LogP contribution in [0.15, 0.2) is 69.4 Å². The lowest BCUT2D eigenvalue weighted by Crippen LogP contribution is -2.23. The molecule has 1 atom stereocenters. The first-order valence-electron chi connectivity index (χ1n) is 8.37. The third-order valence-corrected chi connectivity index (χ3v) is 6.61. The number of thioether (sulfide) groups is 2. The molecule has 0 radical (unpaired) electrons. The molecule has 0 amide bonds. The third kappa shape index (κ3) is 3.56. The molecular weight excluding hydrogens is 384 g/mol. The van der Waals surface area contributed by atoms with Gasteiger partial charge in [-0.25, -0.2) is 4.98 Å². The first-order valence-corrected chi connectivity index (χ1v) is 10.6. The topological polar surface area (TPSA) is 34.9 Å². The quantitative estimate of drug-likeness (QED) is 0.444. The van der Waals surface area contributed by atoms with Crippen molar-refractivity contribution in [1.29, 1.82) is 0 Å². The SMILES string of the molecule is C[C@H]1Cc2nc(SCc3cccc(Cl)c3)n(-c3ccccc3)c(=O)c2S1. The number of nitrogens with zero attached hydrogens (tertiary/aromatic N) is 2. The molecular formula is C20H17ClN2OS2. The largest absolute Gasteiger partial charge is 0.272 e. The Labute approximate surface area is 165 Å². The number of hydrogen-bond acceptors (Lipinski definition) is 4. The van der Waals surface area contributed by atoms with Crippen molar-refractivity contribution >= 4 is 35.1 Å². The van der Waals surface area contributed by atoms with Crippen LogP contribution in [-0.4, -0.2) is 14.8 Å². The van der Waals surface area contributed by atoms with E-state index in [-0.39, 0.29) is 5.56 Å². The average Bonchev–Trinajstić information content (AvgIpc) is 3.01. The highest BCUT2D eigenvalue weighted by atomic mass is 35.5. The van der Waals surface area contributed by atoms with Crippen molar-refractivity contribution in [2.75, 3.05) is 0 Å². The minimum atomic E-state index is 0.0316. The van der Waals surface area contributed by atoms with Gasteiger partial charge in [0.05, 0.1) is 16.3 Å². The molecule has 0 unspecified atom stereocenters. The normalized spacial score (nSPS) is 15.8. The highest BCUT2D eigenvalue weighted by Crippen LogP contribution is 2.35. The lowest BCUT2D eigenvalue weighted by atomic mass is 10.2. The summed E-state index contributed by atoms with van der Waals surface area (Å²) in [5.41, 5.74) is 2.92. The van der Waals surface area contributed by atoms with E-state index in [4.69, 9.17) is 16.6 Å². The maximum atomic E-state index is 13.2. The van der Waals surface area contributed by atoms with E-state index in [1.54, 1.807) is 28.1 Å². The molecule has 0 saturated carbocycles. The van der Waals surface area contributed by atoms with Gasteiger partial charge in [0.25, 0.3) is 5.56 Å². The Balaban J connectivity index is 1.76. The van der Waals surface area contributed by atoms with Gasteiger partial charge in [-0.1, -0.05) is 60.6 Å². The standard InChI is InChI=1S/C20H17ClN2OS2/c1-13-10-17-18(26-13)19(24)23(16-8-3-2-4-9-16)20(22-17)25-12-14-6-5-7-15(21)11-14/h2-9,11,13H,10,12H2,1H3/t13-/m0/s1. The Morgan fingerprint density at radius 2 is 2.04 bits per heavy atom. The van der Waals surface area contributed by atoms with Crippen LogP contribution in [0.5, 0.6) is 0 Å². The van der Waals surface area contributed by atoms with Crippen molar-refractivity contribution in [3.8, 4) is 5.69 Å². The molecule has 0 N–H and O–H groups in total. The maximum absolute atomic E-state index is 13.2. The Morgan fingerprint density at radius 3 is 2.81 bits per heavy atom. The molecule has 4 rings (SSSR count). The van der Waals surface area contributed by atoms with Gasteiger partial charge in [-0.3, -0.25) is 9.36 Å². The molecule has 1 aliphatic rings. The summed E-state index contributed by atoms with van der Waals surface area (Å²) in [5.74, 6) is 0.710. The maximum Gasteiger partial charge on any atom is 0.272 e. The minimum absolute atomic E-state index is 0.0316. The lowest BCUT2D eigenvalue weighted by molar-refractivity contribution is 0.731. The molecule has 2 heterocycles. The van der Waals surface area contributed by atoms with E-state index in [2.05, 4.69) is 6.92 Å². The van der Waals surface area contributed by atoms with E-state index in [0.29, 0.717) is 11.0 Å². The summed E-state index contributed by atoms with van der Waals surface area (Å²) in [6, 6.07) is 17.5. The fourth-order valence-corrected chi connectivity index (χ4v) is 5.26. The molecule has 0 aliphatic carbocycles. The van der Waals surface area contributed by atoms with E-state index >= 15 is 0 Å². The zero-order valence-electron chi connectivity index (χ0n) is 14.2. The van der Waals surface area contributed by atoms with Gasteiger partial charge in [0.2, 0.25) is 0 Å². The Morgan fingerprint density at radius 1 is 1.23 bits per heavy atom. The third-order valence-electron chi connectivity index (χ3n) is 4.15. The number of aromatic nitrogens is 2. The Kier molecular flexibility index (Phi) is 5.11. The summed E-state index contributed by atoms with van der Waals surface area (Å²) in [6.07, 6.45) is 0.843. The van der Waals surface area contributed by atoms with E-state index < -0.39 is 0 Å². The van der Waals surface area contributed by atoms with Crippen molar-refractivity contribution < 1.29 is 0 Å². The fraction of sp³-hybridized carbons (Fsp3) is 0.200. The van der Waals surface area contributed by atoms with Gasteiger partial charge >= 0.3 is 0 Å². The number of rotatable bonds is 4. The van der Waals surface area contributed by atoms with Crippen LogP contribution in [-0.2, 0) is 12.2 Å². The highest BCUT2D eigenvalue weighted by Gasteiger charge is 2.26. The molecule has 0 spiro atoms. The zero-order valence-corrected chi connectivity index (χ0v) is 16.6. The summed E-state index contributed by atoms with van der Waals surface area (Å²) >= 11 is 9.29. The monoisotopic (exact) mass is 400 g/mol. The van der Waals surface area contributed by atoms with Crippen molar-refractivity contribution in [2.45, 2.75) is 34.4 Å². The van der Waals surface area contributed by atoms with Crippen molar-refractivity contribution in [1.82, 2.24) is 9.55 Å². The van der Waals surface area contributed by atoms with Crippen LogP contribution < -0.4 is 5.56 Å². The van der Waals surface area contributed by atoms with Crippen LogP contribution in [0.1, 0.15) is 18.2 Å². The smallest absolute Gasteiger partial charge is 0.268 e. The Hall–Kier alpha value is -1.69. The molecule has 3 nitrogen and oxygen atoms in total. The molecule has 1 aromatic heterocycles.